The molecule has 0 bridgehead atoms. The van der Waals surface area contributed by atoms with E-state index in [0.717, 1.165) is 0 Å². The minimum Gasteiger partial charge on any atom is -0.476 e. The van der Waals surface area contributed by atoms with Gasteiger partial charge < -0.3 is 9.94 Å². The summed E-state index contributed by atoms with van der Waals surface area (Å²) in [7, 11) is 0. The summed E-state index contributed by atoms with van der Waals surface area (Å²) in [6.07, 6.45) is 1.53. The number of hydroxylamine groups is 1. The fraction of sp³-hybridized carbons (Fsp3) is 0.400. The lowest BCUT2D eigenvalue weighted by atomic mass is 10.6. The van der Waals surface area contributed by atoms with Gasteiger partial charge in [0.2, 0.25) is 0 Å². The van der Waals surface area contributed by atoms with Crippen LogP contribution in [-0.4, -0.2) is 24.3 Å². The number of ether oxygens (including phenoxy) is 1. The average Bonchev–Trinajstić information content (AvgIpc) is 1.85. The number of hydrogen-bond acceptors (Lipinski definition) is 4. The van der Waals surface area contributed by atoms with Crippen molar-refractivity contribution in [2.75, 3.05) is 13.2 Å². The first-order valence-electron chi connectivity index (χ1n) is 2.49. The largest absolute Gasteiger partial charge is 0.476 e. The van der Waals surface area contributed by atoms with Crippen LogP contribution >= 0.6 is 0 Å². The molecule has 0 unspecified atom stereocenters. The van der Waals surface area contributed by atoms with Crippen LogP contribution in [0.4, 0.5) is 0 Å². The van der Waals surface area contributed by atoms with Crippen LogP contribution in [0.2, 0.25) is 0 Å². The Morgan fingerprint density at radius 3 is 3.00 bits per heavy atom. The van der Waals surface area contributed by atoms with Gasteiger partial charge in [0.05, 0.1) is 6.54 Å². The molecule has 4 heteroatoms. The Labute approximate surface area is 53.6 Å². The number of hydrogen-bond donors (Lipinski definition) is 3. The summed E-state index contributed by atoms with van der Waals surface area (Å²) in [5.74, 6) is -0.00241. The molecule has 0 aromatic heterocycles. The van der Waals surface area contributed by atoms with Crippen molar-refractivity contribution in [2.24, 2.45) is 0 Å². The normalized spacial score (nSPS) is 8.56. The van der Waals surface area contributed by atoms with E-state index in [1.807, 2.05) is 0 Å². The van der Waals surface area contributed by atoms with Gasteiger partial charge in [-0.25, -0.2) is 0 Å². The third-order valence-corrected chi connectivity index (χ3v) is 0.615. The molecular weight excluding hydrogens is 120 g/mol. The fourth-order valence-corrected chi connectivity index (χ4v) is 0.282. The SMILES string of the molecule is C=CCOC(=N)CNO. The Balaban J connectivity index is 3.16. The summed E-state index contributed by atoms with van der Waals surface area (Å²) in [4.78, 5) is 0. The van der Waals surface area contributed by atoms with E-state index >= 15 is 0 Å². The van der Waals surface area contributed by atoms with Crippen molar-refractivity contribution in [1.29, 1.82) is 5.41 Å². The summed E-state index contributed by atoms with van der Waals surface area (Å²) in [6.45, 7) is 3.73. The van der Waals surface area contributed by atoms with Crippen LogP contribution in [0.25, 0.3) is 0 Å². The van der Waals surface area contributed by atoms with Crippen molar-refractivity contribution in [2.45, 2.75) is 0 Å². The predicted molar refractivity (Wildman–Crippen MR) is 33.7 cm³/mol. The third-order valence-electron chi connectivity index (χ3n) is 0.615. The van der Waals surface area contributed by atoms with Gasteiger partial charge in [0.25, 0.3) is 0 Å². The predicted octanol–water partition coefficient (Wildman–Crippen LogP) is 0.145. The second kappa shape index (κ2) is 5.27. The first kappa shape index (κ1) is 8.13. The van der Waals surface area contributed by atoms with Gasteiger partial charge in [-0.3, -0.25) is 5.41 Å². The third kappa shape index (κ3) is 4.99. The van der Waals surface area contributed by atoms with Gasteiger partial charge >= 0.3 is 0 Å². The molecule has 3 N–H and O–H groups in total. The van der Waals surface area contributed by atoms with Crippen LogP contribution in [0.15, 0.2) is 12.7 Å². The molecule has 4 nitrogen and oxygen atoms in total. The van der Waals surface area contributed by atoms with E-state index in [4.69, 9.17) is 10.6 Å². The standard InChI is InChI=1S/C5H10N2O2/c1-2-3-9-5(6)4-7-8/h2,6-8H,1,3-4H2. The van der Waals surface area contributed by atoms with E-state index in [1.54, 1.807) is 5.48 Å². The van der Waals surface area contributed by atoms with Crippen LogP contribution < -0.4 is 5.48 Å². The molecule has 52 valence electrons. The first-order valence-corrected chi connectivity index (χ1v) is 2.49. The van der Waals surface area contributed by atoms with Gasteiger partial charge in [0.1, 0.15) is 6.61 Å². The number of nitrogens with one attached hydrogen (secondary N) is 2. The lowest BCUT2D eigenvalue weighted by Crippen LogP contribution is -2.20. The fourth-order valence-electron chi connectivity index (χ4n) is 0.282. The highest BCUT2D eigenvalue weighted by molar-refractivity contribution is 5.74. The quantitative estimate of drug-likeness (QED) is 0.219. The van der Waals surface area contributed by atoms with Gasteiger partial charge in [-0.15, -0.1) is 0 Å². The topological polar surface area (TPSA) is 65.3 Å². The van der Waals surface area contributed by atoms with Gasteiger partial charge in [-0.2, -0.15) is 5.48 Å². The van der Waals surface area contributed by atoms with Gasteiger partial charge in [0, 0.05) is 0 Å². The van der Waals surface area contributed by atoms with Crippen molar-refractivity contribution < 1.29 is 9.94 Å². The smallest absolute Gasteiger partial charge is 0.197 e. The zero-order valence-electron chi connectivity index (χ0n) is 5.05. The van der Waals surface area contributed by atoms with Crippen molar-refractivity contribution in [3.63, 3.8) is 0 Å². The van der Waals surface area contributed by atoms with Crippen LogP contribution in [0.1, 0.15) is 0 Å². The van der Waals surface area contributed by atoms with Crippen LogP contribution in [-0.2, 0) is 4.74 Å². The summed E-state index contributed by atoms with van der Waals surface area (Å²) in [5, 5.41) is 14.9. The summed E-state index contributed by atoms with van der Waals surface area (Å²) >= 11 is 0. The molecule has 0 saturated heterocycles. The summed E-state index contributed by atoms with van der Waals surface area (Å²) in [5.41, 5.74) is 1.79. The van der Waals surface area contributed by atoms with E-state index in [1.165, 1.54) is 6.08 Å². The molecule has 0 saturated carbocycles. The van der Waals surface area contributed by atoms with E-state index in [-0.39, 0.29) is 12.4 Å². The van der Waals surface area contributed by atoms with Crippen molar-refractivity contribution in [3.05, 3.63) is 12.7 Å². The average molecular weight is 130 g/mol. The van der Waals surface area contributed by atoms with Crippen LogP contribution in [0, 0.1) is 5.41 Å². The zero-order valence-corrected chi connectivity index (χ0v) is 5.05. The molecule has 0 aliphatic heterocycles. The highest BCUT2D eigenvalue weighted by atomic mass is 16.5. The molecule has 0 aliphatic carbocycles. The van der Waals surface area contributed by atoms with Crippen LogP contribution in [0.5, 0.6) is 0 Å². The van der Waals surface area contributed by atoms with E-state index in [2.05, 4.69) is 11.3 Å². The van der Waals surface area contributed by atoms with Gasteiger partial charge in [-0.05, 0) is 0 Å². The molecule has 0 heterocycles. The minimum absolute atomic E-state index is 0.00241. The molecule has 9 heavy (non-hydrogen) atoms. The Bertz CT molecular complexity index is 103. The van der Waals surface area contributed by atoms with Gasteiger partial charge in [-0.1, -0.05) is 12.7 Å². The molecular formula is C5H10N2O2. The summed E-state index contributed by atoms with van der Waals surface area (Å²) in [6, 6.07) is 0. The highest BCUT2D eigenvalue weighted by Crippen LogP contribution is 1.75. The molecule has 0 rings (SSSR count). The monoisotopic (exact) mass is 130 g/mol. The maximum Gasteiger partial charge on any atom is 0.197 e. The van der Waals surface area contributed by atoms with Gasteiger partial charge in [0.15, 0.2) is 5.90 Å². The second-order valence-electron chi connectivity index (χ2n) is 1.36. The highest BCUT2D eigenvalue weighted by Gasteiger charge is 1.91. The molecule has 0 aromatic carbocycles. The molecule has 0 spiro atoms. The summed E-state index contributed by atoms with van der Waals surface area (Å²) < 4.78 is 4.67. The maximum absolute atomic E-state index is 8.04. The maximum atomic E-state index is 8.04. The lowest BCUT2D eigenvalue weighted by Gasteiger charge is -2.01. The minimum atomic E-state index is -0.00241. The van der Waals surface area contributed by atoms with E-state index in [9.17, 15) is 0 Å². The Morgan fingerprint density at radius 1 is 1.89 bits per heavy atom. The molecule has 0 aliphatic rings. The van der Waals surface area contributed by atoms with Crippen LogP contribution in [0.3, 0.4) is 0 Å². The molecule has 0 radical (unpaired) electrons. The molecule has 0 atom stereocenters. The van der Waals surface area contributed by atoms with Crippen molar-refractivity contribution in [1.82, 2.24) is 5.48 Å². The van der Waals surface area contributed by atoms with Crippen molar-refractivity contribution in [3.8, 4) is 0 Å². The number of rotatable bonds is 4. The Kier molecular flexibility index (Phi) is 4.76. The molecule has 0 fully saturated rings. The first-order chi connectivity index (χ1) is 4.31. The Hall–Kier alpha value is -0.870. The molecule has 0 amide bonds. The zero-order chi connectivity index (χ0) is 7.11. The van der Waals surface area contributed by atoms with Crippen molar-refractivity contribution >= 4 is 5.90 Å². The van der Waals surface area contributed by atoms with E-state index in [0.29, 0.717) is 6.61 Å². The molecule has 0 aromatic rings. The second-order valence-corrected chi connectivity index (χ2v) is 1.36. The Morgan fingerprint density at radius 2 is 2.56 bits per heavy atom. The lowest BCUT2D eigenvalue weighted by molar-refractivity contribution is 0.174. The van der Waals surface area contributed by atoms with E-state index < -0.39 is 0 Å².